The highest BCUT2D eigenvalue weighted by atomic mass is 14.6. The van der Waals surface area contributed by atoms with Crippen molar-refractivity contribution in [2.75, 3.05) is 0 Å². The number of hydrogen-bond donors (Lipinski definition) is 0. The summed E-state index contributed by atoms with van der Waals surface area (Å²) in [6.07, 6.45) is 1.90. The first-order chi connectivity index (χ1) is 23.8. The summed E-state index contributed by atoms with van der Waals surface area (Å²) in [7, 11) is 0. The SMILES string of the molecule is c1cc(-c2ccc3c4ccccc4c4cccnc4c3c2)cc(-c2cccc3c2-c2ccccc2-c2ccccc2-c2ccccc2-3)c1. The van der Waals surface area contributed by atoms with Crippen LogP contribution in [0, 0.1) is 0 Å². The maximum Gasteiger partial charge on any atom is 0.0786 e. The molecule has 0 atom stereocenters. The minimum absolute atomic E-state index is 1.05. The normalized spacial score (nSPS) is 11.8. The van der Waals surface area contributed by atoms with Gasteiger partial charge in [0.25, 0.3) is 0 Å². The molecule has 1 aliphatic rings. The van der Waals surface area contributed by atoms with Crippen LogP contribution in [0.1, 0.15) is 0 Å². The van der Waals surface area contributed by atoms with Crippen LogP contribution in [-0.2, 0) is 0 Å². The molecule has 0 fully saturated rings. The lowest BCUT2D eigenvalue weighted by Crippen LogP contribution is -1.98. The third-order valence-corrected chi connectivity index (χ3v) is 10.1. The van der Waals surface area contributed by atoms with Crippen molar-refractivity contribution in [3.8, 4) is 66.8 Å². The molecule has 0 N–H and O–H groups in total. The van der Waals surface area contributed by atoms with Gasteiger partial charge in [-0.1, -0.05) is 152 Å². The molecule has 8 aromatic carbocycles. The smallest absolute Gasteiger partial charge is 0.0786 e. The zero-order chi connectivity index (χ0) is 31.6. The van der Waals surface area contributed by atoms with Crippen LogP contribution in [0.2, 0.25) is 0 Å². The van der Waals surface area contributed by atoms with Gasteiger partial charge in [-0.2, -0.15) is 0 Å². The molecule has 222 valence electrons. The molecular weight excluding hydrogens is 579 g/mol. The standard InChI is InChI=1S/C47H29N/c1-2-15-35-34(14-1)36-16-3-5-18-39(36)43-23-10-22-33(46(43)42-21-8-7-19-38(35)42)32-13-9-12-30(28-32)31-25-26-41-37-17-4-6-20-40(37)44-24-11-27-48-47(44)45(41)29-31/h1-29H. The lowest BCUT2D eigenvalue weighted by atomic mass is 9.78. The Morgan fingerprint density at radius 1 is 0.271 bits per heavy atom. The van der Waals surface area contributed by atoms with E-state index in [-0.39, 0.29) is 0 Å². The monoisotopic (exact) mass is 607 g/mol. The van der Waals surface area contributed by atoms with Crippen LogP contribution < -0.4 is 0 Å². The molecule has 0 aliphatic heterocycles. The lowest BCUT2D eigenvalue weighted by Gasteiger charge is -2.25. The number of hydrogen-bond acceptors (Lipinski definition) is 1. The Balaban J connectivity index is 1.20. The Labute approximate surface area is 279 Å². The maximum atomic E-state index is 4.88. The van der Waals surface area contributed by atoms with Crippen LogP contribution in [-0.4, -0.2) is 4.98 Å². The van der Waals surface area contributed by atoms with Crippen LogP contribution in [0.3, 0.4) is 0 Å². The summed E-state index contributed by atoms with van der Waals surface area (Å²) in [5.74, 6) is 0. The molecule has 0 spiro atoms. The van der Waals surface area contributed by atoms with E-state index in [4.69, 9.17) is 4.98 Å². The van der Waals surface area contributed by atoms with Crippen molar-refractivity contribution in [3.05, 3.63) is 176 Å². The van der Waals surface area contributed by atoms with Gasteiger partial charge in [0, 0.05) is 17.0 Å². The Morgan fingerprint density at radius 2 is 0.750 bits per heavy atom. The summed E-state index contributed by atoms with van der Waals surface area (Å²) in [6.45, 7) is 0. The molecular formula is C47H29N. The molecule has 0 saturated carbocycles. The first-order valence-electron chi connectivity index (χ1n) is 16.5. The molecule has 1 heterocycles. The van der Waals surface area contributed by atoms with Gasteiger partial charge in [-0.15, -0.1) is 0 Å². The van der Waals surface area contributed by atoms with Gasteiger partial charge in [0.1, 0.15) is 0 Å². The number of pyridine rings is 1. The molecule has 0 saturated heterocycles. The topological polar surface area (TPSA) is 12.9 Å². The number of nitrogens with zero attached hydrogens (tertiary/aromatic N) is 1. The largest absolute Gasteiger partial charge is 0.256 e. The third-order valence-electron chi connectivity index (χ3n) is 10.1. The first-order valence-corrected chi connectivity index (χ1v) is 16.5. The second-order valence-electron chi connectivity index (χ2n) is 12.7. The van der Waals surface area contributed by atoms with Crippen molar-refractivity contribution in [1.29, 1.82) is 0 Å². The molecule has 0 amide bonds. The quantitative estimate of drug-likeness (QED) is 0.178. The van der Waals surface area contributed by atoms with Gasteiger partial charge >= 0.3 is 0 Å². The van der Waals surface area contributed by atoms with Crippen LogP contribution in [0.15, 0.2) is 176 Å². The predicted octanol–water partition coefficient (Wildman–Crippen LogP) is 12.9. The minimum Gasteiger partial charge on any atom is -0.256 e. The summed E-state index contributed by atoms with van der Waals surface area (Å²) in [5.41, 5.74) is 15.9. The fourth-order valence-electron chi connectivity index (χ4n) is 7.96. The van der Waals surface area contributed by atoms with E-state index in [1.807, 2.05) is 12.3 Å². The van der Waals surface area contributed by atoms with Gasteiger partial charge in [0.2, 0.25) is 0 Å². The molecule has 0 radical (unpaired) electrons. The average molecular weight is 608 g/mol. The second-order valence-corrected chi connectivity index (χ2v) is 12.7. The van der Waals surface area contributed by atoms with Gasteiger partial charge < -0.3 is 0 Å². The van der Waals surface area contributed by atoms with Crippen molar-refractivity contribution in [3.63, 3.8) is 0 Å². The molecule has 10 rings (SSSR count). The van der Waals surface area contributed by atoms with Crippen molar-refractivity contribution >= 4 is 32.4 Å². The predicted molar refractivity (Wildman–Crippen MR) is 203 cm³/mol. The summed E-state index contributed by atoms with van der Waals surface area (Å²) in [4.78, 5) is 4.88. The highest BCUT2D eigenvalue weighted by Crippen LogP contribution is 2.50. The molecule has 9 aromatic rings. The molecule has 1 aromatic heterocycles. The molecule has 1 heteroatoms. The molecule has 48 heavy (non-hydrogen) atoms. The number of rotatable bonds is 2. The number of fused-ring (bicyclic) bond motifs is 14. The van der Waals surface area contributed by atoms with Gasteiger partial charge in [0.05, 0.1) is 5.52 Å². The van der Waals surface area contributed by atoms with Crippen molar-refractivity contribution in [2.45, 2.75) is 0 Å². The van der Waals surface area contributed by atoms with Crippen LogP contribution in [0.25, 0.3) is 99.2 Å². The van der Waals surface area contributed by atoms with E-state index in [0.717, 1.165) is 5.52 Å². The van der Waals surface area contributed by atoms with Crippen LogP contribution >= 0.6 is 0 Å². The molecule has 0 bridgehead atoms. The van der Waals surface area contributed by atoms with Crippen molar-refractivity contribution in [2.24, 2.45) is 0 Å². The van der Waals surface area contributed by atoms with E-state index in [2.05, 4.69) is 164 Å². The zero-order valence-electron chi connectivity index (χ0n) is 26.2. The van der Waals surface area contributed by atoms with Crippen molar-refractivity contribution < 1.29 is 0 Å². The van der Waals surface area contributed by atoms with Gasteiger partial charge in [-0.25, -0.2) is 0 Å². The Hall–Kier alpha value is -6.31. The first kappa shape index (κ1) is 26.9. The Morgan fingerprint density at radius 3 is 1.48 bits per heavy atom. The van der Waals surface area contributed by atoms with E-state index in [9.17, 15) is 0 Å². The number of aromatic nitrogens is 1. The Kier molecular flexibility index (Phi) is 5.94. The summed E-state index contributed by atoms with van der Waals surface area (Å²) < 4.78 is 0. The highest BCUT2D eigenvalue weighted by Gasteiger charge is 2.24. The van der Waals surface area contributed by atoms with E-state index >= 15 is 0 Å². The van der Waals surface area contributed by atoms with Crippen LogP contribution in [0.5, 0.6) is 0 Å². The van der Waals surface area contributed by atoms with E-state index in [1.165, 1.54) is 93.7 Å². The van der Waals surface area contributed by atoms with E-state index < -0.39 is 0 Å². The zero-order valence-corrected chi connectivity index (χ0v) is 26.2. The summed E-state index contributed by atoms with van der Waals surface area (Å²) in [6, 6.07) is 62.2. The van der Waals surface area contributed by atoms with Crippen LogP contribution in [0.4, 0.5) is 0 Å². The van der Waals surface area contributed by atoms with E-state index in [0.29, 0.717) is 0 Å². The molecule has 1 nitrogen and oxygen atoms in total. The summed E-state index contributed by atoms with van der Waals surface area (Å²) >= 11 is 0. The average Bonchev–Trinajstić information content (AvgIpc) is 3.17. The molecule has 0 unspecified atom stereocenters. The van der Waals surface area contributed by atoms with Gasteiger partial charge in [-0.3, -0.25) is 4.98 Å². The summed E-state index contributed by atoms with van der Waals surface area (Å²) in [5, 5.41) is 6.11. The van der Waals surface area contributed by atoms with E-state index in [1.54, 1.807) is 0 Å². The lowest BCUT2D eigenvalue weighted by molar-refractivity contribution is 1.43. The number of benzene rings is 8. The second kappa shape index (κ2) is 10.6. The third kappa shape index (κ3) is 4.01. The maximum absolute atomic E-state index is 4.88. The fourth-order valence-corrected chi connectivity index (χ4v) is 7.96. The minimum atomic E-state index is 1.05. The fraction of sp³-hybridized carbons (Fsp3) is 0. The highest BCUT2D eigenvalue weighted by molar-refractivity contribution is 6.24. The molecule has 1 aliphatic carbocycles. The van der Waals surface area contributed by atoms with Crippen molar-refractivity contribution in [1.82, 2.24) is 4.98 Å². The Bertz CT molecular complexity index is 2690. The van der Waals surface area contributed by atoms with Gasteiger partial charge in [-0.05, 0) is 101 Å². The van der Waals surface area contributed by atoms with Gasteiger partial charge in [0.15, 0.2) is 0 Å².